The summed E-state index contributed by atoms with van der Waals surface area (Å²) < 4.78 is 8.33. The molecule has 144 valence electrons. The van der Waals surface area contributed by atoms with Gasteiger partial charge in [0.1, 0.15) is 0 Å². The molecule has 2 aromatic carbocycles. The van der Waals surface area contributed by atoms with Gasteiger partial charge in [0, 0.05) is 26.3 Å². The summed E-state index contributed by atoms with van der Waals surface area (Å²) >= 11 is 2.22. The highest BCUT2D eigenvalue weighted by Gasteiger charge is 2.19. The maximum absolute atomic E-state index is 12.5. The number of carbonyl (C=O) groups is 2. The number of nitrogens with zero attached hydrogens (tertiary/aromatic N) is 1. The zero-order valence-corrected chi connectivity index (χ0v) is 18.1. The molecule has 0 unspecified atom stereocenters. The van der Waals surface area contributed by atoms with Crippen LogP contribution in [-0.2, 0) is 9.53 Å². The molecular weight excluding hydrogens is 467 g/mol. The summed E-state index contributed by atoms with van der Waals surface area (Å²) in [5.41, 5.74) is 4.81. The van der Waals surface area contributed by atoms with Crippen molar-refractivity contribution in [3.8, 4) is 5.69 Å². The monoisotopic (exact) mass is 488 g/mol. The fraction of sp³-hybridized carbons (Fsp3) is 0.182. The first kappa shape index (κ1) is 20.1. The van der Waals surface area contributed by atoms with Crippen LogP contribution in [0.25, 0.3) is 5.69 Å². The largest absolute Gasteiger partial charge is 0.452 e. The molecular formula is C22H21IN2O3. The van der Waals surface area contributed by atoms with Crippen molar-refractivity contribution >= 4 is 40.2 Å². The molecule has 6 heteroatoms. The van der Waals surface area contributed by atoms with Crippen molar-refractivity contribution in [2.45, 2.75) is 20.8 Å². The van der Waals surface area contributed by atoms with Crippen LogP contribution >= 0.6 is 22.6 Å². The second-order valence-electron chi connectivity index (χ2n) is 6.54. The Morgan fingerprint density at radius 3 is 2.43 bits per heavy atom. The molecule has 0 radical (unpaired) electrons. The van der Waals surface area contributed by atoms with Crippen molar-refractivity contribution < 1.29 is 14.3 Å². The molecule has 0 fully saturated rings. The van der Waals surface area contributed by atoms with Crippen LogP contribution in [0.1, 0.15) is 27.3 Å². The molecule has 1 aromatic heterocycles. The van der Waals surface area contributed by atoms with Gasteiger partial charge in [0.05, 0.1) is 5.56 Å². The van der Waals surface area contributed by atoms with Gasteiger partial charge in [-0.05, 0) is 85.3 Å². The van der Waals surface area contributed by atoms with E-state index in [4.69, 9.17) is 4.74 Å². The highest BCUT2D eigenvalue weighted by molar-refractivity contribution is 14.1. The summed E-state index contributed by atoms with van der Waals surface area (Å²) in [6.07, 6.45) is 0. The fourth-order valence-electron chi connectivity index (χ4n) is 3.11. The Morgan fingerprint density at radius 2 is 1.75 bits per heavy atom. The van der Waals surface area contributed by atoms with Crippen molar-refractivity contribution in [1.29, 1.82) is 0 Å². The zero-order valence-electron chi connectivity index (χ0n) is 16.0. The van der Waals surface area contributed by atoms with Gasteiger partial charge in [-0.2, -0.15) is 0 Å². The van der Waals surface area contributed by atoms with Gasteiger partial charge < -0.3 is 14.6 Å². The Morgan fingerprint density at radius 1 is 1.04 bits per heavy atom. The molecule has 3 rings (SSSR count). The minimum Gasteiger partial charge on any atom is -0.452 e. The average molecular weight is 488 g/mol. The maximum atomic E-state index is 12.5. The number of esters is 1. The number of benzene rings is 2. The van der Waals surface area contributed by atoms with Crippen LogP contribution in [0, 0.1) is 24.3 Å². The third-order valence-electron chi connectivity index (χ3n) is 4.46. The van der Waals surface area contributed by atoms with Crippen molar-refractivity contribution in [1.82, 2.24) is 4.57 Å². The maximum Gasteiger partial charge on any atom is 0.340 e. The van der Waals surface area contributed by atoms with Crippen molar-refractivity contribution in [3.63, 3.8) is 0 Å². The molecule has 1 N–H and O–H groups in total. The van der Waals surface area contributed by atoms with Gasteiger partial charge in [0.2, 0.25) is 0 Å². The summed E-state index contributed by atoms with van der Waals surface area (Å²) in [6.45, 7) is 5.39. The second-order valence-corrected chi connectivity index (χ2v) is 7.78. The molecule has 0 spiro atoms. The summed E-state index contributed by atoms with van der Waals surface area (Å²) in [5, 5.41) is 2.78. The highest BCUT2D eigenvalue weighted by atomic mass is 127. The van der Waals surface area contributed by atoms with Gasteiger partial charge in [-0.25, -0.2) is 4.79 Å². The van der Waals surface area contributed by atoms with Gasteiger partial charge in [0.25, 0.3) is 5.91 Å². The number of nitrogens with one attached hydrogen (secondary N) is 1. The highest BCUT2D eigenvalue weighted by Crippen LogP contribution is 2.21. The second kappa shape index (κ2) is 8.60. The number of aryl methyl sites for hydroxylation is 2. The molecule has 0 aliphatic carbocycles. The summed E-state index contributed by atoms with van der Waals surface area (Å²) in [7, 11) is 0. The van der Waals surface area contributed by atoms with Gasteiger partial charge in [-0.3, -0.25) is 4.79 Å². The van der Waals surface area contributed by atoms with Crippen LogP contribution in [0.4, 0.5) is 5.69 Å². The van der Waals surface area contributed by atoms with E-state index in [1.165, 1.54) is 0 Å². The van der Waals surface area contributed by atoms with Crippen molar-refractivity contribution in [2.24, 2.45) is 0 Å². The quantitative estimate of drug-likeness (QED) is 0.415. The molecule has 0 aliphatic rings. The van der Waals surface area contributed by atoms with Crippen LogP contribution in [-0.4, -0.2) is 23.1 Å². The van der Waals surface area contributed by atoms with E-state index in [1.54, 1.807) is 6.07 Å². The predicted octanol–water partition coefficient (Wildman–Crippen LogP) is 4.80. The van der Waals surface area contributed by atoms with E-state index in [0.29, 0.717) is 11.3 Å². The lowest BCUT2D eigenvalue weighted by atomic mass is 10.2. The smallest absolute Gasteiger partial charge is 0.340 e. The molecule has 28 heavy (non-hydrogen) atoms. The number of halogens is 1. The SMILES string of the molecule is Cc1cc(I)ccc1NC(=O)COC(=O)c1cc(C)n(-c2ccccc2)c1C. The topological polar surface area (TPSA) is 60.3 Å². The number of ether oxygens (including phenoxy) is 1. The molecule has 0 saturated heterocycles. The van der Waals surface area contributed by atoms with Crippen LogP contribution < -0.4 is 5.32 Å². The molecule has 1 heterocycles. The number of hydrogen-bond acceptors (Lipinski definition) is 3. The molecule has 0 bridgehead atoms. The molecule has 3 aromatic rings. The minimum atomic E-state index is -0.509. The Labute approximate surface area is 177 Å². The van der Waals surface area contributed by atoms with Crippen LogP contribution in [0.15, 0.2) is 54.6 Å². The lowest BCUT2D eigenvalue weighted by molar-refractivity contribution is -0.119. The number of rotatable bonds is 5. The standard InChI is InChI=1S/C22H21IN2O3/c1-14-11-17(23)9-10-20(14)24-21(26)13-28-22(27)19-12-15(2)25(16(19)3)18-7-5-4-6-8-18/h4-12H,13H2,1-3H3,(H,24,26). The lowest BCUT2D eigenvalue weighted by Gasteiger charge is -2.10. The van der Waals surface area contributed by atoms with E-state index in [2.05, 4.69) is 27.9 Å². The van der Waals surface area contributed by atoms with Gasteiger partial charge in [-0.1, -0.05) is 18.2 Å². The van der Waals surface area contributed by atoms with Crippen LogP contribution in [0.3, 0.4) is 0 Å². The lowest BCUT2D eigenvalue weighted by Crippen LogP contribution is -2.21. The normalized spacial score (nSPS) is 10.6. The van der Waals surface area contributed by atoms with Crippen LogP contribution in [0.2, 0.25) is 0 Å². The first-order chi connectivity index (χ1) is 13.4. The van der Waals surface area contributed by atoms with E-state index in [-0.39, 0.29) is 12.5 Å². The Balaban J connectivity index is 1.68. The van der Waals surface area contributed by atoms with E-state index < -0.39 is 5.97 Å². The Hall–Kier alpha value is -2.61. The molecule has 0 saturated carbocycles. The number of aromatic nitrogens is 1. The Kier molecular flexibility index (Phi) is 6.18. The van der Waals surface area contributed by atoms with E-state index in [9.17, 15) is 9.59 Å². The summed E-state index contributed by atoms with van der Waals surface area (Å²) in [4.78, 5) is 24.7. The van der Waals surface area contributed by atoms with Crippen molar-refractivity contribution in [3.05, 3.63) is 80.7 Å². The fourth-order valence-corrected chi connectivity index (χ4v) is 3.75. The predicted molar refractivity (Wildman–Crippen MR) is 118 cm³/mol. The number of anilines is 1. The average Bonchev–Trinajstić information content (AvgIpc) is 2.97. The number of carbonyl (C=O) groups excluding carboxylic acids is 2. The zero-order chi connectivity index (χ0) is 20.3. The number of amides is 1. The molecule has 1 amide bonds. The number of para-hydroxylation sites is 1. The van der Waals surface area contributed by atoms with E-state index >= 15 is 0 Å². The molecule has 5 nitrogen and oxygen atoms in total. The summed E-state index contributed by atoms with van der Waals surface area (Å²) in [5.74, 6) is -0.876. The molecule has 0 aliphatic heterocycles. The van der Waals surface area contributed by atoms with Gasteiger partial charge >= 0.3 is 5.97 Å². The van der Waals surface area contributed by atoms with Crippen molar-refractivity contribution in [2.75, 3.05) is 11.9 Å². The first-order valence-electron chi connectivity index (χ1n) is 8.84. The van der Waals surface area contributed by atoms with E-state index in [1.807, 2.05) is 73.9 Å². The Bertz CT molecular complexity index is 1030. The van der Waals surface area contributed by atoms with Crippen LogP contribution in [0.5, 0.6) is 0 Å². The van der Waals surface area contributed by atoms with E-state index in [0.717, 1.165) is 26.2 Å². The van der Waals surface area contributed by atoms with Gasteiger partial charge in [-0.15, -0.1) is 0 Å². The minimum absolute atomic E-state index is 0.334. The molecule has 0 atom stereocenters. The van der Waals surface area contributed by atoms with Gasteiger partial charge in [0.15, 0.2) is 6.61 Å². The third-order valence-corrected chi connectivity index (χ3v) is 5.13. The first-order valence-corrected chi connectivity index (χ1v) is 9.92. The third kappa shape index (κ3) is 4.44. The summed E-state index contributed by atoms with van der Waals surface area (Å²) in [6, 6.07) is 17.3. The number of hydrogen-bond donors (Lipinski definition) is 1.